The Bertz CT molecular complexity index is 146. The molecule has 52 valence electrons. The van der Waals surface area contributed by atoms with Crippen LogP contribution in [0, 0.1) is 0 Å². The fourth-order valence-corrected chi connectivity index (χ4v) is 0.534. The molecule has 1 aromatic rings. The van der Waals surface area contributed by atoms with Crippen molar-refractivity contribution in [1.29, 1.82) is 0 Å². The number of benzene rings is 1. The molecule has 1 rings (SSSR count). The monoisotopic (exact) mass is 150 g/mol. The van der Waals surface area contributed by atoms with Crippen LogP contribution in [0.5, 0.6) is 0 Å². The molecule has 0 aliphatic carbocycles. The van der Waals surface area contributed by atoms with Crippen LogP contribution in [0.2, 0.25) is 0 Å². The summed E-state index contributed by atoms with van der Waals surface area (Å²) in [6.07, 6.45) is 0. The summed E-state index contributed by atoms with van der Waals surface area (Å²) >= 11 is 0. The van der Waals surface area contributed by atoms with Crippen molar-refractivity contribution in [2.75, 3.05) is 0 Å². The van der Waals surface area contributed by atoms with Crippen molar-refractivity contribution in [2.24, 2.45) is 0 Å². The van der Waals surface area contributed by atoms with E-state index in [1.165, 1.54) is 5.46 Å². The van der Waals surface area contributed by atoms with Gasteiger partial charge in [-0.05, 0) is 0 Å². The molecule has 4 heteroatoms. The Morgan fingerprint density at radius 3 is 1.50 bits per heavy atom. The van der Waals surface area contributed by atoms with Crippen LogP contribution in [0.15, 0.2) is 30.3 Å². The second kappa shape index (κ2) is 9.20. The van der Waals surface area contributed by atoms with Crippen molar-refractivity contribution in [1.82, 2.24) is 0 Å². The van der Waals surface area contributed by atoms with Crippen molar-refractivity contribution in [3.63, 3.8) is 0 Å². The van der Waals surface area contributed by atoms with Crippen LogP contribution in [0.3, 0.4) is 0 Å². The summed E-state index contributed by atoms with van der Waals surface area (Å²) in [5, 5.41) is 0. The van der Waals surface area contributed by atoms with Crippen molar-refractivity contribution in [2.45, 2.75) is 0 Å². The molecule has 0 saturated carbocycles. The molecule has 0 amide bonds. The van der Waals surface area contributed by atoms with E-state index in [4.69, 9.17) is 0 Å². The van der Waals surface area contributed by atoms with Gasteiger partial charge in [0.2, 0.25) is 0 Å². The van der Waals surface area contributed by atoms with Crippen LogP contribution in [0.4, 0.5) is 0 Å². The topological polar surface area (TPSA) is 63.0 Å². The summed E-state index contributed by atoms with van der Waals surface area (Å²) in [7, 11) is 2.08. The van der Waals surface area contributed by atoms with Gasteiger partial charge in [0, 0.05) is 0 Å². The van der Waals surface area contributed by atoms with Gasteiger partial charge in [0.25, 0.3) is 0 Å². The fourth-order valence-electron chi connectivity index (χ4n) is 0.534. The van der Waals surface area contributed by atoms with Gasteiger partial charge in [-0.25, -0.2) is 0 Å². The van der Waals surface area contributed by atoms with Crippen LogP contribution in [-0.4, -0.2) is 48.4 Å². The molecule has 4 N–H and O–H groups in total. The van der Waals surface area contributed by atoms with E-state index >= 15 is 0 Å². The molecule has 0 spiro atoms. The first-order valence-corrected chi connectivity index (χ1v) is 2.41. The Hall–Kier alpha value is 0.205. The minimum absolute atomic E-state index is 0. The van der Waals surface area contributed by atoms with Crippen LogP contribution in [0.1, 0.15) is 0 Å². The molecule has 1 aromatic carbocycles. The van der Waals surface area contributed by atoms with E-state index in [0.717, 1.165) is 0 Å². The van der Waals surface area contributed by atoms with Gasteiger partial charge < -0.3 is 11.0 Å². The summed E-state index contributed by atoms with van der Waals surface area (Å²) in [6, 6.07) is 10.3. The molecular weight excluding hydrogens is 138 g/mol. The zero-order valence-corrected chi connectivity index (χ0v) is 5.39. The second-order valence-electron chi connectivity index (χ2n) is 1.65. The Kier molecular flexibility index (Phi) is 15.3. The molecule has 0 heterocycles. The third kappa shape index (κ3) is 6.33. The maximum absolute atomic E-state index is 2.08. The average molecular weight is 150 g/mol. The average Bonchev–Trinajstić information content (AvgIpc) is 1.69. The molecule has 0 aromatic heterocycles. The summed E-state index contributed by atoms with van der Waals surface area (Å²) in [5.74, 6) is 0. The van der Waals surface area contributed by atoms with Crippen molar-refractivity contribution in [3.05, 3.63) is 30.3 Å². The summed E-state index contributed by atoms with van der Waals surface area (Å²) in [6.45, 7) is 0. The Morgan fingerprint density at radius 1 is 0.900 bits per heavy atom. The van der Waals surface area contributed by atoms with E-state index in [1.54, 1.807) is 0 Å². The zero-order chi connectivity index (χ0) is 5.11. The van der Waals surface area contributed by atoms with Crippen molar-refractivity contribution in [3.8, 4) is 0 Å². The van der Waals surface area contributed by atoms with Gasteiger partial charge in [-0.3, -0.25) is 0 Å². The van der Waals surface area contributed by atoms with Gasteiger partial charge >= 0.3 is 29.6 Å². The van der Waals surface area contributed by atoms with Crippen LogP contribution < -0.4 is 5.46 Å². The SMILES string of the molecule is Bc1ccccc1.O.O.[NaH]. The first-order chi connectivity index (χ1) is 3.39. The molecular formula is C6H12BNaO2. The molecule has 10 heavy (non-hydrogen) atoms. The third-order valence-corrected chi connectivity index (χ3v) is 0.940. The summed E-state index contributed by atoms with van der Waals surface area (Å²) in [5.41, 5.74) is 1.32. The molecule has 0 bridgehead atoms. The van der Waals surface area contributed by atoms with Crippen molar-refractivity contribution < 1.29 is 11.0 Å². The first-order valence-electron chi connectivity index (χ1n) is 2.41. The van der Waals surface area contributed by atoms with E-state index in [1.807, 2.05) is 18.2 Å². The summed E-state index contributed by atoms with van der Waals surface area (Å²) in [4.78, 5) is 0. The van der Waals surface area contributed by atoms with Gasteiger partial charge in [-0.1, -0.05) is 35.8 Å². The number of hydrogen-bond donors (Lipinski definition) is 0. The fraction of sp³-hybridized carbons (Fsp3) is 0. The second-order valence-corrected chi connectivity index (χ2v) is 1.65. The van der Waals surface area contributed by atoms with Gasteiger partial charge in [0.15, 0.2) is 0 Å². The quantitative estimate of drug-likeness (QED) is 0.371. The van der Waals surface area contributed by atoms with Gasteiger partial charge in [-0.15, -0.1) is 0 Å². The van der Waals surface area contributed by atoms with Crippen LogP contribution in [-0.2, 0) is 0 Å². The van der Waals surface area contributed by atoms with E-state index in [2.05, 4.69) is 20.0 Å². The Balaban J connectivity index is -0.000000163. The molecule has 0 aliphatic rings. The van der Waals surface area contributed by atoms with E-state index in [0.29, 0.717) is 0 Å². The molecule has 0 saturated heterocycles. The number of hydrogen-bond acceptors (Lipinski definition) is 0. The molecule has 0 unspecified atom stereocenters. The van der Waals surface area contributed by atoms with E-state index in [9.17, 15) is 0 Å². The van der Waals surface area contributed by atoms with Gasteiger partial charge in [0.05, 0.1) is 0 Å². The van der Waals surface area contributed by atoms with Crippen LogP contribution in [0.25, 0.3) is 0 Å². The Morgan fingerprint density at radius 2 is 1.30 bits per heavy atom. The molecule has 0 aliphatic heterocycles. The van der Waals surface area contributed by atoms with Crippen molar-refractivity contribution >= 4 is 42.9 Å². The predicted octanol–water partition coefficient (Wildman–Crippen LogP) is -2.35. The van der Waals surface area contributed by atoms with Gasteiger partial charge in [-0.2, -0.15) is 0 Å². The van der Waals surface area contributed by atoms with Gasteiger partial charge in [0.1, 0.15) is 7.85 Å². The third-order valence-electron chi connectivity index (χ3n) is 0.940. The maximum atomic E-state index is 2.08. The van der Waals surface area contributed by atoms with E-state index < -0.39 is 0 Å². The van der Waals surface area contributed by atoms with E-state index in [-0.39, 0.29) is 40.5 Å². The first kappa shape index (κ1) is 16.7. The predicted molar refractivity (Wildman–Crippen MR) is 49.0 cm³/mol. The standard InChI is InChI=1S/C6H7B.Na.2H2O.H/c7-6-4-2-1-3-5-6;;;;/h1-5H,7H2;;2*1H2;. The molecule has 0 fully saturated rings. The minimum atomic E-state index is 0. The summed E-state index contributed by atoms with van der Waals surface area (Å²) < 4.78 is 0. The Labute approximate surface area is 84.0 Å². The number of rotatable bonds is 0. The van der Waals surface area contributed by atoms with Crippen LogP contribution >= 0.6 is 0 Å². The normalized spacial score (nSPS) is 6.00. The molecule has 2 nitrogen and oxygen atoms in total. The molecule has 0 atom stereocenters. The molecule has 0 radical (unpaired) electrons. The zero-order valence-electron chi connectivity index (χ0n) is 5.39.